The number of rotatable bonds is 1. The van der Waals surface area contributed by atoms with E-state index in [9.17, 15) is 18.0 Å². The fraction of sp³-hybridized carbons (Fsp3) is 0.368. The van der Waals surface area contributed by atoms with E-state index in [2.05, 4.69) is 4.98 Å². The molecule has 0 unspecified atom stereocenters. The van der Waals surface area contributed by atoms with Crippen LogP contribution in [0.25, 0.3) is 15.9 Å². The molecular formula is C19H16ClF3N2OS. The largest absolute Gasteiger partial charge is 0.450 e. The molecule has 0 atom stereocenters. The highest BCUT2D eigenvalue weighted by Crippen LogP contribution is 2.36. The first kappa shape index (κ1) is 18.5. The molecule has 0 amide bonds. The van der Waals surface area contributed by atoms with E-state index in [1.165, 1.54) is 29.5 Å². The molecule has 0 saturated carbocycles. The SMILES string of the molecule is O=c1c2c3c(sc2nc(C(F)(F)F)n1-c1cccc(Cl)c1)CCCCCC3. The van der Waals surface area contributed by atoms with Gasteiger partial charge in [-0.05, 0) is 49.4 Å². The minimum atomic E-state index is -4.76. The number of hydrogen-bond acceptors (Lipinski definition) is 3. The molecule has 4 rings (SSSR count). The van der Waals surface area contributed by atoms with Gasteiger partial charge in [-0.2, -0.15) is 13.2 Å². The number of benzene rings is 1. The third-order valence-corrected chi connectivity index (χ3v) is 6.23. The highest BCUT2D eigenvalue weighted by atomic mass is 35.5. The zero-order chi connectivity index (χ0) is 19.2. The second kappa shape index (κ2) is 6.95. The molecule has 1 aliphatic rings. The predicted octanol–water partition coefficient (Wildman–Crippen LogP) is 5.78. The summed E-state index contributed by atoms with van der Waals surface area (Å²) in [4.78, 5) is 18.3. The molecule has 3 aromatic rings. The van der Waals surface area contributed by atoms with Crippen LogP contribution in [-0.2, 0) is 19.0 Å². The summed E-state index contributed by atoms with van der Waals surface area (Å²) in [6.45, 7) is 0. The summed E-state index contributed by atoms with van der Waals surface area (Å²) in [6.07, 6.45) is 0.801. The zero-order valence-electron chi connectivity index (χ0n) is 14.3. The lowest BCUT2D eigenvalue weighted by molar-refractivity contribution is -0.146. The molecule has 0 radical (unpaired) electrons. The number of nitrogens with zero attached hydrogens (tertiary/aromatic N) is 2. The van der Waals surface area contributed by atoms with Crippen molar-refractivity contribution >= 4 is 33.2 Å². The van der Waals surface area contributed by atoms with Crippen molar-refractivity contribution in [3.05, 3.63) is 55.9 Å². The van der Waals surface area contributed by atoms with Gasteiger partial charge in [0.2, 0.25) is 5.82 Å². The first-order valence-corrected chi connectivity index (χ1v) is 9.96. The number of thiophene rings is 1. The fourth-order valence-corrected chi connectivity index (χ4v) is 5.04. The van der Waals surface area contributed by atoms with Gasteiger partial charge in [0.25, 0.3) is 5.56 Å². The number of halogens is 4. The highest BCUT2D eigenvalue weighted by molar-refractivity contribution is 7.18. The van der Waals surface area contributed by atoms with E-state index in [-0.39, 0.29) is 15.5 Å². The van der Waals surface area contributed by atoms with Gasteiger partial charge in [0.15, 0.2) is 0 Å². The van der Waals surface area contributed by atoms with Crippen molar-refractivity contribution in [1.29, 1.82) is 0 Å². The van der Waals surface area contributed by atoms with Crippen molar-refractivity contribution in [2.24, 2.45) is 0 Å². The maximum absolute atomic E-state index is 13.7. The van der Waals surface area contributed by atoms with Gasteiger partial charge in [-0.25, -0.2) is 4.98 Å². The van der Waals surface area contributed by atoms with Crippen molar-refractivity contribution in [3.63, 3.8) is 0 Å². The monoisotopic (exact) mass is 412 g/mol. The Morgan fingerprint density at radius 2 is 1.85 bits per heavy atom. The summed E-state index contributed by atoms with van der Waals surface area (Å²) < 4.78 is 41.8. The summed E-state index contributed by atoms with van der Waals surface area (Å²) in [5, 5.41) is 0.582. The molecular weight excluding hydrogens is 397 g/mol. The average molecular weight is 413 g/mol. The topological polar surface area (TPSA) is 34.9 Å². The lowest BCUT2D eigenvalue weighted by Crippen LogP contribution is -2.28. The minimum absolute atomic E-state index is 0.0695. The molecule has 142 valence electrons. The second-order valence-electron chi connectivity index (χ2n) is 6.65. The Balaban J connectivity index is 2.07. The summed E-state index contributed by atoms with van der Waals surface area (Å²) in [5.74, 6) is -1.21. The third-order valence-electron chi connectivity index (χ3n) is 4.81. The van der Waals surface area contributed by atoms with Crippen LogP contribution in [0.5, 0.6) is 0 Å². The number of alkyl halides is 3. The molecule has 3 nitrogen and oxygen atoms in total. The molecule has 2 aromatic heterocycles. The Hall–Kier alpha value is -1.86. The van der Waals surface area contributed by atoms with Crippen LogP contribution in [0.3, 0.4) is 0 Å². The Bertz CT molecular complexity index is 1070. The smallest absolute Gasteiger partial charge is 0.268 e. The molecule has 0 aliphatic heterocycles. The Morgan fingerprint density at radius 3 is 2.56 bits per heavy atom. The molecule has 0 bridgehead atoms. The maximum atomic E-state index is 13.7. The van der Waals surface area contributed by atoms with Gasteiger partial charge in [0.1, 0.15) is 4.83 Å². The maximum Gasteiger partial charge on any atom is 0.450 e. The van der Waals surface area contributed by atoms with Crippen molar-refractivity contribution < 1.29 is 13.2 Å². The lowest BCUT2D eigenvalue weighted by atomic mass is 9.98. The van der Waals surface area contributed by atoms with Gasteiger partial charge in [0.05, 0.1) is 11.1 Å². The first-order valence-electron chi connectivity index (χ1n) is 8.76. The van der Waals surface area contributed by atoms with Gasteiger partial charge >= 0.3 is 6.18 Å². The average Bonchev–Trinajstić information content (AvgIpc) is 2.91. The Morgan fingerprint density at radius 1 is 1.11 bits per heavy atom. The van der Waals surface area contributed by atoms with Crippen LogP contribution in [-0.4, -0.2) is 9.55 Å². The van der Waals surface area contributed by atoms with Crippen LogP contribution in [0, 0.1) is 0 Å². The summed E-state index contributed by atoms with van der Waals surface area (Å²) in [6, 6.07) is 5.86. The number of fused-ring (bicyclic) bond motifs is 3. The number of aromatic nitrogens is 2. The van der Waals surface area contributed by atoms with Crippen LogP contribution in [0.15, 0.2) is 29.1 Å². The third kappa shape index (κ3) is 3.38. The van der Waals surface area contributed by atoms with Gasteiger partial charge in [0, 0.05) is 9.90 Å². The lowest BCUT2D eigenvalue weighted by Gasteiger charge is -2.15. The van der Waals surface area contributed by atoms with E-state index in [1.54, 1.807) is 6.07 Å². The van der Waals surface area contributed by atoms with Gasteiger partial charge in [-0.3, -0.25) is 9.36 Å². The fourth-order valence-electron chi connectivity index (χ4n) is 3.60. The van der Waals surface area contributed by atoms with Gasteiger partial charge < -0.3 is 0 Å². The molecule has 1 aliphatic carbocycles. The second-order valence-corrected chi connectivity index (χ2v) is 8.17. The molecule has 8 heteroatoms. The van der Waals surface area contributed by atoms with Gasteiger partial charge in [-0.1, -0.05) is 30.5 Å². The van der Waals surface area contributed by atoms with E-state index in [1.807, 2.05) is 0 Å². The van der Waals surface area contributed by atoms with Crippen molar-refractivity contribution in [2.45, 2.75) is 44.7 Å². The van der Waals surface area contributed by atoms with E-state index in [4.69, 9.17) is 11.6 Å². The summed E-state index contributed by atoms with van der Waals surface area (Å²) in [7, 11) is 0. The van der Waals surface area contributed by atoms with E-state index in [0.29, 0.717) is 16.4 Å². The molecule has 1 aromatic carbocycles. The molecule has 0 saturated heterocycles. The molecule has 2 heterocycles. The van der Waals surface area contributed by atoms with Crippen LogP contribution in [0.2, 0.25) is 5.02 Å². The predicted molar refractivity (Wildman–Crippen MR) is 101 cm³/mol. The molecule has 0 N–H and O–H groups in total. The molecule has 27 heavy (non-hydrogen) atoms. The van der Waals surface area contributed by atoms with Crippen LogP contribution >= 0.6 is 22.9 Å². The normalized spacial score (nSPS) is 15.4. The Kier molecular flexibility index (Phi) is 4.76. The van der Waals surface area contributed by atoms with Crippen molar-refractivity contribution in [3.8, 4) is 5.69 Å². The van der Waals surface area contributed by atoms with Crippen molar-refractivity contribution in [1.82, 2.24) is 9.55 Å². The molecule has 0 fully saturated rings. The standard InChI is InChI=1S/C19H16ClF3N2OS/c20-11-6-5-7-12(10-11)25-17(26)15-13-8-3-1-2-4-9-14(13)27-16(15)24-18(25)19(21,22)23/h5-7,10H,1-4,8-9H2. The van der Waals surface area contributed by atoms with Crippen LogP contribution in [0.4, 0.5) is 13.2 Å². The Labute approximate surface area is 162 Å². The number of hydrogen-bond donors (Lipinski definition) is 0. The van der Waals surface area contributed by atoms with Crippen LogP contribution in [0.1, 0.15) is 41.9 Å². The summed E-state index contributed by atoms with van der Waals surface area (Å²) in [5.41, 5.74) is 0.268. The van der Waals surface area contributed by atoms with Gasteiger partial charge in [-0.15, -0.1) is 11.3 Å². The van der Waals surface area contributed by atoms with E-state index < -0.39 is 17.6 Å². The quantitative estimate of drug-likeness (QED) is 0.508. The zero-order valence-corrected chi connectivity index (χ0v) is 15.8. The van der Waals surface area contributed by atoms with E-state index >= 15 is 0 Å². The van der Waals surface area contributed by atoms with Crippen LogP contribution < -0.4 is 5.56 Å². The minimum Gasteiger partial charge on any atom is -0.268 e. The first-order chi connectivity index (χ1) is 12.9. The molecule has 0 spiro atoms. The number of aryl methyl sites for hydroxylation is 2. The van der Waals surface area contributed by atoms with Crippen molar-refractivity contribution in [2.75, 3.05) is 0 Å². The van der Waals surface area contributed by atoms with E-state index in [0.717, 1.165) is 42.5 Å². The highest BCUT2D eigenvalue weighted by Gasteiger charge is 2.38. The summed E-state index contributed by atoms with van der Waals surface area (Å²) >= 11 is 7.17.